The van der Waals surface area contributed by atoms with Crippen LogP contribution < -0.4 is 20.1 Å². The summed E-state index contributed by atoms with van der Waals surface area (Å²) in [5, 5.41) is 11.3. The third-order valence-electron chi connectivity index (χ3n) is 7.24. The Morgan fingerprint density at radius 3 is 1.38 bits per heavy atom. The third kappa shape index (κ3) is 5.86. The Balaban J connectivity index is 0.993. The maximum Gasteiger partial charge on any atom is 0.119 e. The fourth-order valence-corrected chi connectivity index (χ4v) is 5.19. The number of methoxy groups -OCH3 is 2. The molecule has 0 aliphatic rings. The van der Waals surface area contributed by atoms with E-state index in [1.807, 2.05) is 72.8 Å². The number of benzene rings is 4. The van der Waals surface area contributed by atoms with Crippen LogP contribution >= 0.6 is 0 Å². The van der Waals surface area contributed by atoms with E-state index in [1.54, 1.807) is 14.2 Å². The average Bonchev–Trinajstić information content (AvgIpc) is 3.04. The zero-order chi connectivity index (χ0) is 28.7. The molecule has 8 heteroatoms. The van der Waals surface area contributed by atoms with Gasteiger partial charge in [0.05, 0.1) is 74.1 Å². The predicted octanol–water partition coefficient (Wildman–Crippen LogP) is 6.66. The summed E-state index contributed by atoms with van der Waals surface area (Å²) in [6, 6.07) is 28.2. The highest BCUT2D eigenvalue weighted by Crippen LogP contribution is 2.34. The van der Waals surface area contributed by atoms with Crippen LogP contribution in [-0.2, 0) is 9.47 Å². The van der Waals surface area contributed by atoms with E-state index in [-0.39, 0.29) is 0 Å². The Morgan fingerprint density at radius 2 is 0.929 bits per heavy atom. The van der Waals surface area contributed by atoms with Gasteiger partial charge in [-0.15, -0.1) is 0 Å². The lowest BCUT2D eigenvalue weighted by molar-refractivity contribution is 0.0557. The Morgan fingerprint density at radius 1 is 0.500 bits per heavy atom. The van der Waals surface area contributed by atoms with Crippen molar-refractivity contribution in [2.75, 3.05) is 64.4 Å². The first-order valence-electron chi connectivity index (χ1n) is 14.1. The van der Waals surface area contributed by atoms with Crippen molar-refractivity contribution >= 4 is 55.0 Å². The van der Waals surface area contributed by atoms with E-state index in [0.717, 1.165) is 66.5 Å². The summed E-state index contributed by atoms with van der Waals surface area (Å²) in [5.41, 5.74) is 5.82. The van der Waals surface area contributed by atoms with Crippen LogP contribution in [0, 0.1) is 0 Å². The lowest BCUT2D eigenvalue weighted by atomic mass is 10.1. The number of nitrogens with zero attached hydrogens (tertiary/aromatic N) is 2. The molecule has 0 aliphatic carbocycles. The van der Waals surface area contributed by atoms with E-state index in [0.29, 0.717) is 39.5 Å². The third-order valence-corrected chi connectivity index (χ3v) is 7.24. The molecule has 214 valence electrons. The molecule has 0 unspecified atom stereocenters. The van der Waals surface area contributed by atoms with Gasteiger partial charge in [-0.25, -0.2) is 9.97 Å². The average molecular weight is 563 g/mol. The van der Waals surface area contributed by atoms with Crippen molar-refractivity contribution in [1.29, 1.82) is 0 Å². The van der Waals surface area contributed by atoms with Crippen LogP contribution in [0.1, 0.15) is 0 Å². The van der Waals surface area contributed by atoms with E-state index < -0.39 is 0 Å². The minimum absolute atomic E-state index is 0.520. The summed E-state index contributed by atoms with van der Waals surface area (Å²) >= 11 is 0. The minimum Gasteiger partial charge on any atom is -0.497 e. The second-order valence-corrected chi connectivity index (χ2v) is 9.85. The summed E-state index contributed by atoms with van der Waals surface area (Å²) in [6.07, 6.45) is 0. The first-order chi connectivity index (χ1) is 20.7. The Bertz CT molecular complexity index is 1710. The van der Waals surface area contributed by atoms with E-state index in [2.05, 4.69) is 22.8 Å². The Hall–Kier alpha value is -4.66. The lowest BCUT2D eigenvalue weighted by Gasteiger charge is -2.15. The molecule has 42 heavy (non-hydrogen) atoms. The fraction of sp³-hybridized carbons (Fsp3) is 0.235. The van der Waals surface area contributed by atoms with Gasteiger partial charge < -0.3 is 29.6 Å². The number of ether oxygens (including phenoxy) is 4. The van der Waals surface area contributed by atoms with Gasteiger partial charge in [0, 0.05) is 34.6 Å². The molecule has 0 aliphatic heterocycles. The molecule has 6 aromatic rings. The zero-order valence-electron chi connectivity index (χ0n) is 23.9. The molecule has 0 saturated carbocycles. The zero-order valence-corrected chi connectivity index (χ0v) is 23.9. The van der Waals surface area contributed by atoms with Crippen molar-refractivity contribution in [1.82, 2.24) is 9.97 Å². The van der Waals surface area contributed by atoms with Crippen LogP contribution in [-0.4, -0.2) is 63.7 Å². The second kappa shape index (κ2) is 12.9. The van der Waals surface area contributed by atoms with Gasteiger partial charge in [0.25, 0.3) is 0 Å². The highest BCUT2D eigenvalue weighted by molar-refractivity contribution is 6.08. The van der Waals surface area contributed by atoms with E-state index in [4.69, 9.17) is 28.9 Å². The van der Waals surface area contributed by atoms with E-state index in [1.165, 1.54) is 0 Å². The molecule has 4 aromatic carbocycles. The van der Waals surface area contributed by atoms with Crippen LogP contribution in [0.4, 0.5) is 11.4 Å². The molecular weight excluding hydrogens is 528 g/mol. The number of aromatic nitrogens is 2. The van der Waals surface area contributed by atoms with Crippen molar-refractivity contribution in [3.63, 3.8) is 0 Å². The molecule has 2 N–H and O–H groups in total. The fourth-order valence-electron chi connectivity index (χ4n) is 5.19. The monoisotopic (exact) mass is 562 g/mol. The lowest BCUT2D eigenvalue weighted by Crippen LogP contribution is -2.15. The smallest absolute Gasteiger partial charge is 0.119 e. The van der Waals surface area contributed by atoms with Gasteiger partial charge in [-0.1, -0.05) is 36.4 Å². The second-order valence-electron chi connectivity index (χ2n) is 9.85. The van der Waals surface area contributed by atoms with Crippen LogP contribution in [0.15, 0.2) is 84.9 Å². The highest BCUT2D eigenvalue weighted by atomic mass is 16.5. The van der Waals surface area contributed by atoms with Crippen LogP contribution in [0.2, 0.25) is 0 Å². The number of fused-ring (bicyclic) bond motifs is 4. The number of nitrogens with one attached hydrogen (secondary N) is 2. The molecule has 8 nitrogen and oxygen atoms in total. The SMILES string of the molecule is COc1ccc2nc3ccccc3c(NCCOCCOCCNc3c4ccccc4nc4ccc(OC)cc34)c2c1. The molecule has 0 spiro atoms. The summed E-state index contributed by atoms with van der Waals surface area (Å²) in [6.45, 7) is 3.47. The van der Waals surface area contributed by atoms with Crippen LogP contribution in [0.3, 0.4) is 0 Å². The van der Waals surface area contributed by atoms with Crippen molar-refractivity contribution in [2.45, 2.75) is 0 Å². The molecule has 0 atom stereocenters. The molecule has 2 heterocycles. The molecule has 0 fully saturated rings. The molecule has 0 saturated heterocycles. The standard InChI is InChI=1S/C34H34N4O4/c1-39-23-11-13-31-27(21-23)33(25-7-3-5-9-29(25)37-31)35-15-17-41-19-20-42-18-16-36-34-26-8-4-6-10-30(26)38-32-14-12-24(40-2)22-28(32)34/h3-14,21-22H,15-20H2,1-2H3,(H,35,37)(H,36,38). The van der Waals surface area contributed by atoms with Crippen LogP contribution in [0.25, 0.3) is 43.6 Å². The van der Waals surface area contributed by atoms with Crippen LogP contribution in [0.5, 0.6) is 11.5 Å². The molecule has 0 bridgehead atoms. The molecule has 0 amide bonds. The summed E-state index contributed by atoms with van der Waals surface area (Å²) in [5.74, 6) is 1.60. The molecule has 2 aromatic heterocycles. The molecule has 0 radical (unpaired) electrons. The predicted molar refractivity (Wildman–Crippen MR) is 170 cm³/mol. The maximum atomic E-state index is 5.86. The number of hydrogen-bond acceptors (Lipinski definition) is 8. The minimum atomic E-state index is 0.520. The number of rotatable bonds is 13. The van der Waals surface area contributed by atoms with Crippen molar-refractivity contribution in [3.05, 3.63) is 84.9 Å². The van der Waals surface area contributed by atoms with Gasteiger partial charge in [-0.05, 0) is 48.5 Å². The van der Waals surface area contributed by atoms with E-state index in [9.17, 15) is 0 Å². The van der Waals surface area contributed by atoms with Gasteiger partial charge in [0.1, 0.15) is 11.5 Å². The summed E-state index contributed by atoms with van der Waals surface area (Å²) in [7, 11) is 3.35. The first-order valence-corrected chi connectivity index (χ1v) is 14.1. The summed E-state index contributed by atoms with van der Waals surface area (Å²) in [4.78, 5) is 9.61. The Kier molecular flexibility index (Phi) is 8.44. The quantitative estimate of drug-likeness (QED) is 0.119. The molecular formula is C34H34N4O4. The number of anilines is 2. The van der Waals surface area contributed by atoms with Gasteiger partial charge in [-0.3, -0.25) is 0 Å². The number of para-hydroxylation sites is 2. The first kappa shape index (κ1) is 27.5. The maximum absolute atomic E-state index is 5.86. The Labute approximate surface area is 244 Å². The normalized spacial score (nSPS) is 11.4. The van der Waals surface area contributed by atoms with Gasteiger partial charge in [0.2, 0.25) is 0 Å². The number of hydrogen-bond donors (Lipinski definition) is 2. The number of pyridine rings is 2. The largest absolute Gasteiger partial charge is 0.497 e. The van der Waals surface area contributed by atoms with Crippen molar-refractivity contribution < 1.29 is 18.9 Å². The van der Waals surface area contributed by atoms with Gasteiger partial charge in [0.15, 0.2) is 0 Å². The van der Waals surface area contributed by atoms with Gasteiger partial charge in [-0.2, -0.15) is 0 Å². The molecule has 6 rings (SSSR count). The highest BCUT2D eigenvalue weighted by Gasteiger charge is 2.11. The topological polar surface area (TPSA) is 86.8 Å². The van der Waals surface area contributed by atoms with Crippen molar-refractivity contribution in [2.24, 2.45) is 0 Å². The van der Waals surface area contributed by atoms with Crippen molar-refractivity contribution in [3.8, 4) is 11.5 Å². The van der Waals surface area contributed by atoms with Gasteiger partial charge >= 0.3 is 0 Å². The van der Waals surface area contributed by atoms with E-state index >= 15 is 0 Å². The summed E-state index contributed by atoms with van der Waals surface area (Å²) < 4.78 is 22.6.